The number of benzene rings is 1. The quantitative estimate of drug-likeness (QED) is 0.479. The molecule has 0 fully saturated rings. The van der Waals surface area contributed by atoms with Crippen LogP contribution in [0.1, 0.15) is 24.2 Å². The third-order valence-corrected chi connectivity index (χ3v) is 2.84. The van der Waals surface area contributed by atoms with E-state index in [1.807, 2.05) is 0 Å². The maximum Gasteiger partial charge on any atom is 0.338 e. The molecule has 8 heteroatoms. The van der Waals surface area contributed by atoms with Crippen molar-refractivity contribution in [3.63, 3.8) is 0 Å². The Balaban J connectivity index is 3.11. The Labute approximate surface area is 121 Å². The first-order chi connectivity index (χ1) is 9.76. The van der Waals surface area contributed by atoms with Crippen LogP contribution in [0, 0.1) is 16.0 Å². The molecule has 0 aliphatic carbocycles. The molecule has 0 aromatic heterocycles. The Kier molecular flexibility index (Phi) is 5.37. The number of nitro groups is 1. The summed E-state index contributed by atoms with van der Waals surface area (Å²) in [6.45, 7) is 3.55. The van der Waals surface area contributed by atoms with Crippen molar-refractivity contribution in [1.29, 1.82) is 0 Å². The van der Waals surface area contributed by atoms with E-state index in [1.165, 1.54) is 6.07 Å². The summed E-state index contributed by atoms with van der Waals surface area (Å²) in [7, 11) is 1.16. The highest BCUT2D eigenvalue weighted by Crippen LogP contribution is 2.22. The van der Waals surface area contributed by atoms with Gasteiger partial charge >= 0.3 is 5.97 Å². The maximum absolute atomic E-state index is 11.9. The van der Waals surface area contributed by atoms with E-state index in [9.17, 15) is 19.7 Å². The predicted octanol–water partition coefficient (Wildman–Crippen LogP) is 1.30. The van der Waals surface area contributed by atoms with E-state index < -0.39 is 22.8 Å². The number of rotatable bonds is 5. The second-order valence-corrected chi connectivity index (χ2v) is 4.78. The Hall–Kier alpha value is -2.48. The van der Waals surface area contributed by atoms with Gasteiger partial charge in [-0.05, 0) is 12.0 Å². The lowest BCUT2D eigenvalue weighted by Gasteiger charge is -2.15. The zero-order valence-corrected chi connectivity index (χ0v) is 12.0. The Morgan fingerprint density at radius 3 is 2.43 bits per heavy atom. The minimum atomic E-state index is -0.758. The van der Waals surface area contributed by atoms with Crippen LogP contribution < -0.4 is 11.1 Å². The van der Waals surface area contributed by atoms with Gasteiger partial charge in [-0.3, -0.25) is 14.9 Å². The summed E-state index contributed by atoms with van der Waals surface area (Å²) in [4.78, 5) is 33.5. The summed E-state index contributed by atoms with van der Waals surface area (Å²) < 4.78 is 4.52. The first-order valence-corrected chi connectivity index (χ1v) is 6.20. The molecule has 0 saturated carbocycles. The number of hydrogen-bond acceptors (Lipinski definition) is 6. The lowest BCUT2D eigenvalue weighted by atomic mass is 10.0. The third-order valence-electron chi connectivity index (χ3n) is 2.84. The molecule has 1 aromatic rings. The Morgan fingerprint density at radius 1 is 1.33 bits per heavy atom. The van der Waals surface area contributed by atoms with Crippen LogP contribution in [-0.2, 0) is 9.53 Å². The molecule has 0 unspecified atom stereocenters. The van der Waals surface area contributed by atoms with Gasteiger partial charge in [-0.1, -0.05) is 13.8 Å². The van der Waals surface area contributed by atoms with Crippen molar-refractivity contribution in [2.75, 3.05) is 12.4 Å². The van der Waals surface area contributed by atoms with Crippen LogP contribution in [0.15, 0.2) is 18.2 Å². The lowest BCUT2D eigenvalue weighted by molar-refractivity contribution is -0.384. The minimum Gasteiger partial charge on any atom is -0.465 e. The number of hydrogen-bond donors (Lipinski definition) is 2. The highest BCUT2D eigenvalue weighted by molar-refractivity contribution is 5.97. The molecular weight excluding hydrogens is 278 g/mol. The number of carbonyl (C=O) groups is 2. The predicted molar refractivity (Wildman–Crippen MR) is 75.9 cm³/mol. The van der Waals surface area contributed by atoms with E-state index >= 15 is 0 Å². The molecule has 114 valence electrons. The number of nitrogens with two attached hydrogens (primary N) is 1. The molecule has 0 spiro atoms. The van der Waals surface area contributed by atoms with Gasteiger partial charge in [0.25, 0.3) is 5.69 Å². The summed E-state index contributed by atoms with van der Waals surface area (Å²) in [5, 5.41) is 13.3. The van der Waals surface area contributed by atoms with Gasteiger partial charge in [0.2, 0.25) is 5.91 Å². The molecular formula is C13H17N3O5. The first kappa shape index (κ1) is 16.6. The van der Waals surface area contributed by atoms with Crippen molar-refractivity contribution in [2.45, 2.75) is 19.9 Å². The van der Waals surface area contributed by atoms with Gasteiger partial charge in [0, 0.05) is 17.8 Å². The standard InChI is InChI=1S/C13H17N3O5/c1-7(2)11(14)12(17)15-9-4-8(13(18)21-3)5-10(6-9)16(19)20/h4-7,11H,14H2,1-3H3,(H,15,17)/t11-/m0/s1. The van der Waals surface area contributed by atoms with Crippen LogP contribution in [0.5, 0.6) is 0 Å². The molecule has 0 radical (unpaired) electrons. The van der Waals surface area contributed by atoms with Gasteiger partial charge in [-0.15, -0.1) is 0 Å². The Morgan fingerprint density at radius 2 is 1.95 bits per heavy atom. The third kappa shape index (κ3) is 4.25. The van der Waals surface area contributed by atoms with Gasteiger partial charge in [0.1, 0.15) is 0 Å². The van der Waals surface area contributed by atoms with Crippen LogP contribution in [0.25, 0.3) is 0 Å². The summed E-state index contributed by atoms with van der Waals surface area (Å²) in [6.07, 6.45) is 0. The van der Waals surface area contributed by atoms with Crippen molar-refractivity contribution >= 4 is 23.3 Å². The second-order valence-electron chi connectivity index (χ2n) is 4.78. The fraction of sp³-hybridized carbons (Fsp3) is 0.385. The molecule has 0 aliphatic heterocycles. The monoisotopic (exact) mass is 295 g/mol. The summed E-state index contributed by atoms with van der Waals surface area (Å²) in [5.74, 6) is -1.31. The topological polar surface area (TPSA) is 125 Å². The molecule has 0 aliphatic rings. The zero-order valence-electron chi connectivity index (χ0n) is 12.0. The number of nitro benzene ring substituents is 1. The van der Waals surface area contributed by atoms with Gasteiger partial charge < -0.3 is 15.8 Å². The molecule has 1 rings (SSSR count). The highest BCUT2D eigenvalue weighted by atomic mass is 16.6. The van der Waals surface area contributed by atoms with Crippen molar-refractivity contribution < 1.29 is 19.2 Å². The average molecular weight is 295 g/mol. The van der Waals surface area contributed by atoms with Gasteiger partial charge in [0.15, 0.2) is 0 Å². The maximum atomic E-state index is 11.9. The molecule has 21 heavy (non-hydrogen) atoms. The molecule has 8 nitrogen and oxygen atoms in total. The molecule has 0 bridgehead atoms. The molecule has 1 aromatic carbocycles. The fourth-order valence-corrected chi connectivity index (χ4v) is 1.55. The van der Waals surface area contributed by atoms with Gasteiger partial charge in [-0.2, -0.15) is 0 Å². The van der Waals surface area contributed by atoms with Crippen LogP contribution in [0.4, 0.5) is 11.4 Å². The van der Waals surface area contributed by atoms with Crippen molar-refractivity contribution in [3.8, 4) is 0 Å². The van der Waals surface area contributed by atoms with Crippen molar-refractivity contribution in [2.24, 2.45) is 11.7 Å². The van der Waals surface area contributed by atoms with Crippen molar-refractivity contribution in [1.82, 2.24) is 0 Å². The number of ether oxygens (including phenoxy) is 1. The van der Waals surface area contributed by atoms with E-state index in [0.29, 0.717) is 0 Å². The lowest BCUT2D eigenvalue weighted by Crippen LogP contribution is -2.39. The van der Waals surface area contributed by atoms with Crippen molar-refractivity contribution in [3.05, 3.63) is 33.9 Å². The molecule has 0 saturated heterocycles. The number of nitrogens with one attached hydrogen (secondary N) is 1. The number of amides is 1. The number of esters is 1. The van der Waals surface area contributed by atoms with Crippen LogP contribution in [-0.4, -0.2) is 30.0 Å². The average Bonchev–Trinajstić information content (AvgIpc) is 2.44. The number of nitrogens with zero attached hydrogens (tertiary/aromatic N) is 1. The summed E-state index contributed by atoms with van der Waals surface area (Å²) in [5.41, 5.74) is 5.45. The van der Waals surface area contributed by atoms with E-state index in [2.05, 4.69) is 10.1 Å². The summed E-state index contributed by atoms with van der Waals surface area (Å²) in [6, 6.07) is 2.76. The number of non-ortho nitro benzene ring substituents is 1. The van der Waals surface area contributed by atoms with Crippen LogP contribution in [0.2, 0.25) is 0 Å². The number of carbonyl (C=O) groups excluding carboxylic acids is 2. The normalized spacial score (nSPS) is 11.9. The summed E-state index contributed by atoms with van der Waals surface area (Å²) >= 11 is 0. The van der Waals surface area contributed by atoms with E-state index in [-0.39, 0.29) is 22.9 Å². The van der Waals surface area contributed by atoms with E-state index in [1.54, 1.807) is 13.8 Å². The largest absolute Gasteiger partial charge is 0.465 e. The van der Waals surface area contributed by atoms with Crippen LogP contribution >= 0.6 is 0 Å². The van der Waals surface area contributed by atoms with Gasteiger partial charge in [-0.25, -0.2) is 4.79 Å². The minimum absolute atomic E-state index is 0.0277. The first-order valence-electron chi connectivity index (χ1n) is 6.20. The highest BCUT2D eigenvalue weighted by Gasteiger charge is 2.20. The molecule has 0 heterocycles. The van der Waals surface area contributed by atoms with Gasteiger partial charge in [0.05, 0.1) is 23.6 Å². The number of methoxy groups -OCH3 is 1. The fourth-order valence-electron chi connectivity index (χ4n) is 1.55. The van der Waals surface area contributed by atoms with Crippen LogP contribution in [0.3, 0.4) is 0 Å². The van der Waals surface area contributed by atoms with E-state index in [0.717, 1.165) is 19.2 Å². The second kappa shape index (κ2) is 6.80. The Bertz CT molecular complexity index is 571. The number of anilines is 1. The zero-order chi connectivity index (χ0) is 16.2. The smallest absolute Gasteiger partial charge is 0.338 e. The SMILES string of the molecule is COC(=O)c1cc(NC(=O)[C@@H](N)C(C)C)cc([N+](=O)[O-])c1. The van der Waals surface area contributed by atoms with E-state index in [4.69, 9.17) is 5.73 Å². The molecule has 1 amide bonds. The molecule has 1 atom stereocenters. The molecule has 3 N–H and O–H groups in total.